The fourth-order valence-electron chi connectivity index (χ4n) is 4.49. The molecule has 0 aliphatic carbocycles. The molecule has 3 heterocycles. The van der Waals surface area contributed by atoms with Crippen LogP contribution in [0.3, 0.4) is 0 Å². The third-order valence-electron chi connectivity index (χ3n) is 5.89. The van der Waals surface area contributed by atoms with Crippen LogP contribution in [0.1, 0.15) is 46.7 Å². The number of rotatable bonds is 5. The highest BCUT2D eigenvalue weighted by atomic mass is 19.1. The lowest BCUT2D eigenvalue weighted by Crippen LogP contribution is -2.61. The minimum Gasteiger partial charge on any atom is -0.503 e. The molecule has 0 bridgehead atoms. The Bertz CT molecular complexity index is 1110. The van der Waals surface area contributed by atoms with Gasteiger partial charge in [0.2, 0.25) is 5.43 Å². The van der Waals surface area contributed by atoms with Crippen LogP contribution in [0.5, 0.6) is 5.75 Å². The van der Waals surface area contributed by atoms with Crippen molar-refractivity contribution in [2.45, 2.75) is 39.5 Å². The average molecular weight is 442 g/mol. The van der Waals surface area contributed by atoms with E-state index in [0.717, 1.165) is 19.5 Å². The predicted molar refractivity (Wildman–Crippen MR) is 116 cm³/mol. The number of halogens is 1. The predicted octanol–water partition coefficient (Wildman–Crippen LogP) is 1.77. The summed E-state index contributed by atoms with van der Waals surface area (Å²) in [7, 11) is 0. The number of amides is 2. The Morgan fingerprint density at radius 1 is 1.28 bits per heavy atom. The van der Waals surface area contributed by atoms with Crippen molar-refractivity contribution in [2.75, 3.05) is 19.6 Å². The first-order chi connectivity index (χ1) is 15.3. The molecule has 1 saturated heterocycles. The number of hydrogen-bond acceptors (Lipinski definition) is 5. The zero-order chi connectivity index (χ0) is 23.0. The minimum absolute atomic E-state index is 0.0239. The molecule has 2 aliphatic rings. The maximum atomic E-state index is 13.4. The van der Waals surface area contributed by atoms with Crippen LogP contribution >= 0.6 is 0 Å². The molecular weight excluding hydrogens is 415 g/mol. The number of carbonyl (C=O) groups excluding carboxylic acids is 2. The molecule has 2 N–H and O–H groups in total. The highest BCUT2D eigenvalue weighted by molar-refractivity contribution is 5.99. The van der Waals surface area contributed by atoms with E-state index in [9.17, 15) is 23.9 Å². The summed E-state index contributed by atoms with van der Waals surface area (Å²) in [6.07, 6.45) is 1.97. The Labute approximate surface area is 185 Å². The summed E-state index contributed by atoms with van der Waals surface area (Å²) < 4.78 is 14.9. The highest BCUT2D eigenvalue weighted by Crippen LogP contribution is 2.28. The van der Waals surface area contributed by atoms with Crippen molar-refractivity contribution in [3.8, 4) is 5.75 Å². The molecule has 170 valence electrons. The van der Waals surface area contributed by atoms with Crippen molar-refractivity contribution in [2.24, 2.45) is 5.92 Å². The van der Waals surface area contributed by atoms with Crippen LogP contribution in [0.25, 0.3) is 0 Å². The summed E-state index contributed by atoms with van der Waals surface area (Å²) in [5.41, 5.74) is -0.691. The molecule has 1 atom stereocenters. The van der Waals surface area contributed by atoms with Crippen LogP contribution in [0.15, 0.2) is 35.3 Å². The summed E-state index contributed by atoms with van der Waals surface area (Å²) >= 11 is 0. The van der Waals surface area contributed by atoms with Gasteiger partial charge in [-0.05, 0) is 30.0 Å². The van der Waals surface area contributed by atoms with Crippen molar-refractivity contribution < 1.29 is 19.1 Å². The number of aromatic hydroxyl groups is 1. The zero-order valence-electron chi connectivity index (χ0n) is 18.2. The third kappa shape index (κ3) is 4.12. The molecule has 9 heteroatoms. The maximum Gasteiger partial charge on any atom is 0.275 e. The summed E-state index contributed by atoms with van der Waals surface area (Å²) in [4.78, 5) is 42.4. The average Bonchev–Trinajstić information content (AvgIpc) is 2.75. The fraction of sp³-hybridized carbons (Fsp3) is 0.435. The quantitative estimate of drug-likeness (QED) is 0.736. The first-order valence-corrected chi connectivity index (χ1v) is 10.8. The van der Waals surface area contributed by atoms with Crippen molar-refractivity contribution in [1.82, 2.24) is 19.7 Å². The van der Waals surface area contributed by atoms with E-state index in [1.165, 1.54) is 29.0 Å². The van der Waals surface area contributed by atoms with Gasteiger partial charge in [0.1, 0.15) is 17.5 Å². The van der Waals surface area contributed by atoms with Gasteiger partial charge in [-0.25, -0.2) is 4.39 Å². The van der Waals surface area contributed by atoms with Gasteiger partial charge in [-0.3, -0.25) is 19.3 Å². The van der Waals surface area contributed by atoms with Crippen LogP contribution in [0.4, 0.5) is 4.39 Å². The summed E-state index contributed by atoms with van der Waals surface area (Å²) in [6.45, 7) is 6.83. The third-order valence-corrected chi connectivity index (χ3v) is 5.89. The maximum absolute atomic E-state index is 13.4. The molecule has 2 aromatic rings. The Kier molecular flexibility index (Phi) is 6.01. The van der Waals surface area contributed by atoms with Crippen molar-refractivity contribution in [3.63, 3.8) is 0 Å². The molecule has 32 heavy (non-hydrogen) atoms. The number of pyridine rings is 1. The number of aromatic nitrogens is 1. The van der Waals surface area contributed by atoms with Crippen LogP contribution in [-0.2, 0) is 13.1 Å². The van der Waals surface area contributed by atoms with Gasteiger partial charge in [0, 0.05) is 32.4 Å². The molecule has 8 nitrogen and oxygen atoms in total. The van der Waals surface area contributed by atoms with E-state index in [1.54, 1.807) is 11.0 Å². The number of fused-ring (bicyclic) bond motifs is 2. The molecule has 0 saturated carbocycles. The summed E-state index contributed by atoms with van der Waals surface area (Å²) in [5.74, 6) is -1.82. The largest absolute Gasteiger partial charge is 0.503 e. The highest BCUT2D eigenvalue weighted by Gasteiger charge is 2.40. The van der Waals surface area contributed by atoms with E-state index in [-0.39, 0.29) is 24.0 Å². The Hall–Kier alpha value is -3.20. The van der Waals surface area contributed by atoms with E-state index < -0.39 is 28.8 Å². The monoisotopic (exact) mass is 442 g/mol. The number of nitrogens with one attached hydrogen (secondary N) is 1. The second-order valence-corrected chi connectivity index (χ2v) is 8.76. The van der Waals surface area contributed by atoms with Crippen LogP contribution in [0.2, 0.25) is 0 Å². The molecule has 0 radical (unpaired) electrons. The Morgan fingerprint density at radius 2 is 2.06 bits per heavy atom. The molecule has 2 aliphatic heterocycles. The van der Waals surface area contributed by atoms with Crippen LogP contribution in [-0.4, -0.2) is 57.1 Å². The number of hydrogen-bond donors (Lipinski definition) is 2. The van der Waals surface area contributed by atoms with Gasteiger partial charge < -0.3 is 19.9 Å². The fourth-order valence-corrected chi connectivity index (χ4v) is 4.49. The molecule has 1 aromatic heterocycles. The standard InChI is InChI=1S/C23H27FN4O4/c1-14(2)11-26-7-4-8-28-18(26)13-27-12-17(20(29)21(30)19(27)23(28)32)22(31)25-10-15-5-3-6-16(24)9-15/h3,5-6,9,12,14,18,30H,4,7-8,10-11,13H2,1-2H3,(H,25,31). The van der Waals surface area contributed by atoms with Gasteiger partial charge in [-0.2, -0.15) is 0 Å². The number of carbonyl (C=O) groups is 2. The van der Waals surface area contributed by atoms with Crippen molar-refractivity contribution >= 4 is 11.8 Å². The van der Waals surface area contributed by atoms with E-state index in [2.05, 4.69) is 24.1 Å². The topological polar surface area (TPSA) is 94.9 Å². The first-order valence-electron chi connectivity index (χ1n) is 10.8. The zero-order valence-corrected chi connectivity index (χ0v) is 18.2. The van der Waals surface area contributed by atoms with E-state index in [0.29, 0.717) is 24.6 Å². The van der Waals surface area contributed by atoms with Crippen molar-refractivity contribution in [3.05, 3.63) is 63.3 Å². The number of nitrogens with zero attached hydrogens (tertiary/aromatic N) is 3. The Balaban J connectivity index is 1.62. The lowest BCUT2D eigenvalue weighted by Gasteiger charge is -2.47. The van der Waals surface area contributed by atoms with Gasteiger partial charge in [-0.1, -0.05) is 26.0 Å². The molecule has 2 amide bonds. The second kappa shape index (κ2) is 8.74. The molecule has 4 rings (SSSR count). The smallest absolute Gasteiger partial charge is 0.275 e. The summed E-state index contributed by atoms with van der Waals surface area (Å²) in [6, 6.07) is 5.77. The lowest BCUT2D eigenvalue weighted by atomic mass is 10.1. The molecule has 0 spiro atoms. The SMILES string of the molecule is CC(C)CN1CCCN2C(=O)c3c(O)c(=O)c(C(=O)NCc4cccc(F)c4)cn3CC12. The van der Waals surface area contributed by atoms with E-state index >= 15 is 0 Å². The lowest BCUT2D eigenvalue weighted by molar-refractivity contribution is -0.0146. The van der Waals surface area contributed by atoms with Gasteiger partial charge in [0.05, 0.1) is 6.54 Å². The van der Waals surface area contributed by atoms with Gasteiger partial charge in [0.25, 0.3) is 11.8 Å². The summed E-state index contributed by atoms with van der Waals surface area (Å²) in [5, 5.41) is 13.1. The van der Waals surface area contributed by atoms with Gasteiger partial charge in [0.15, 0.2) is 11.4 Å². The van der Waals surface area contributed by atoms with Crippen LogP contribution in [0, 0.1) is 11.7 Å². The normalized spacial score (nSPS) is 18.4. The van der Waals surface area contributed by atoms with Gasteiger partial charge in [-0.15, -0.1) is 0 Å². The molecule has 1 unspecified atom stereocenters. The first kappa shape index (κ1) is 22.0. The molecule has 1 aromatic carbocycles. The van der Waals surface area contributed by atoms with E-state index in [4.69, 9.17) is 0 Å². The van der Waals surface area contributed by atoms with Crippen molar-refractivity contribution in [1.29, 1.82) is 0 Å². The molecule has 1 fully saturated rings. The second-order valence-electron chi connectivity index (χ2n) is 8.76. The molecular formula is C23H27FN4O4. The van der Waals surface area contributed by atoms with Gasteiger partial charge >= 0.3 is 0 Å². The minimum atomic E-state index is -0.893. The van der Waals surface area contributed by atoms with Crippen LogP contribution < -0.4 is 10.7 Å². The number of benzene rings is 1. The Morgan fingerprint density at radius 3 is 2.78 bits per heavy atom. The van der Waals surface area contributed by atoms with E-state index in [1.807, 2.05) is 0 Å².